The number of nitrogens with one attached hydrogen (secondary N) is 3. The van der Waals surface area contributed by atoms with Crippen LogP contribution in [0.15, 0.2) is 41.3 Å². The average molecular weight is 505 g/mol. The Bertz CT molecular complexity index is 1160. The molecule has 35 heavy (non-hydrogen) atoms. The summed E-state index contributed by atoms with van der Waals surface area (Å²) in [5.74, 6) is -1.18. The van der Waals surface area contributed by atoms with E-state index in [2.05, 4.69) is 10.0 Å². The molecule has 0 aliphatic carbocycles. The van der Waals surface area contributed by atoms with Crippen molar-refractivity contribution in [1.29, 1.82) is 5.41 Å². The average Bonchev–Trinajstić information content (AvgIpc) is 2.75. The number of hydrogen-bond donors (Lipinski definition) is 5. The van der Waals surface area contributed by atoms with Gasteiger partial charge in [0.1, 0.15) is 17.6 Å². The fourth-order valence-electron chi connectivity index (χ4n) is 3.63. The van der Waals surface area contributed by atoms with E-state index in [1.54, 1.807) is 50.2 Å². The number of aryl methyl sites for hydroxylation is 3. The van der Waals surface area contributed by atoms with Crippen molar-refractivity contribution in [2.24, 2.45) is 5.73 Å². The number of unbranched alkanes of at least 4 members (excludes halogenated alkanes) is 1. The van der Waals surface area contributed by atoms with Gasteiger partial charge in [0, 0.05) is 18.5 Å². The van der Waals surface area contributed by atoms with E-state index in [4.69, 9.17) is 15.9 Å². The molecule has 11 heteroatoms. The topological polar surface area (TPSA) is 172 Å². The van der Waals surface area contributed by atoms with Crippen molar-refractivity contribution in [1.82, 2.24) is 10.0 Å². The van der Waals surface area contributed by atoms with Crippen molar-refractivity contribution in [3.63, 3.8) is 0 Å². The molecule has 0 heterocycles. The lowest BCUT2D eigenvalue weighted by Gasteiger charge is -2.18. The lowest BCUT2D eigenvalue weighted by Crippen LogP contribution is -2.48. The molecular weight excluding hydrogens is 472 g/mol. The molecule has 2 rings (SSSR count). The number of benzene rings is 2. The van der Waals surface area contributed by atoms with Crippen LogP contribution in [0.1, 0.15) is 41.5 Å². The van der Waals surface area contributed by atoms with E-state index in [0.717, 1.165) is 5.56 Å². The van der Waals surface area contributed by atoms with Crippen LogP contribution in [0, 0.1) is 26.2 Å². The van der Waals surface area contributed by atoms with Crippen LogP contribution in [0.25, 0.3) is 0 Å². The van der Waals surface area contributed by atoms with E-state index < -0.39 is 22.0 Å². The lowest BCUT2D eigenvalue weighted by atomic mass is 10.1. The molecule has 0 unspecified atom stereocenters. The fraction of sp³-hybridized carbons (Fsp3) is 0.375. The largest absolute Gasteiger partial charge is 0.494 e. The number of aliphatic carboxylic acids is 1. The van der Waals surface area contributed by atoms with Gasteiger partial charge >= 0.3 is 5.97 Å². The number of carboxylic acids is 1. The Labute approximate surface area is 205 Å². The normalized spacial score (nSPS) is 12.1. The molecule has 0 radical (unpaired) electrons. The first-order chi connectivity index (χ1) is 16.4. The van der Waals surface area contributed by atoms with Crippen LogP contribution in [0.4, 0.5) is 0 Å². The second kappa shape index (κ2) is 12.3. The Hall–Kier alpha value is -3.44. The van der Waals surface area contributed by atoms with Crippen molar-refractivity contribution in [2.75, 3.05) is 13.2 Å². The minimum Gasteiger partial charge on any atom is -0.494 e. The molecule has 190 valence electrons. The third-order valence-electron chi connectivity index (χ3n) is 5.20. The Morgan fingerprint density at radius 1 is 1.09 bits per heavy atom. The van der Waals surface area contributed by atoms with Gasteiger partial charge in [0.15, 0.2) is 0 Å². The summed E-state index contributed by atoms with van der Waals surface area (Å²) in [6, 6.07) is 8.69. The zero-order chi connectivity index (χ0) is 26.2. The van der Waals surface area contributed by atoms with Crippen LogP contribution in [0.2, 0.25) is 0 Å². The molecular formula is C24H32N4O6S. The van der Waals surface area contributed by atoms with Gasteiger partial charge in [-0.05, 0) is 69.0 Å². The lowest BCUT2D eigenvalue weighted by molar-refractivity contribution is -0.138. The molecule has 0 aliphatic rings. The molecule has 1 amide bonds. The molecule has 0 saturated heterocycles. The Kier molecular flexibility index (Phi) is 9.78. The first-order valence-electron chi connectivity index (χ1n) is 11.1. The molecule has 0 bridgehead atoms. The molecule has 6 N–H and O–H groups in total. The number of nitrogens with two attached hydrogens (primary N) is 1. The Morgan fingerprint density at radius 2 is 1.69 bits per heavy atom. The summed E-state index contributed by atoms with van der Waals surface area (Å²) in [6.07, 6.45) is 1.23. The van der Waals surface area contributed by atoms with Crippen LogP contribution in [0.3, 0.4) is 0 Å². The number of hydrogen-bond acceptors (Lipinski definition) is 6. The van der Waals surface area contributed by atoms with Gasteiger partial charge in [0.25, 0.3) is 0 Å². The van der Waals surface area contributed by atoms with Crippen LogP contribution in [0.5, 0.6) is 5.75 Å². The van der Waals surface area contributed by atoms with Gasteiger partial charge < -0.3 is 20.9 Å². The number of carbonyl (C=O) groups is 2. The molecule has 10 nitrogen and oxygen atoms in total. The molecule has 0 fully saturated rings. The maximum absolute atomic E-state index is 12.8. The van der Waals surface area contributed by atoms with E-state index in [9.17, 15) is 23.1 Å². The number of amides is 1. The van der Waals surface area contributed by atoms with Gasteiger partial charge in [-0.25, -0.2) is 8.42 Å². The minimum absolute atomic E-state index is 0.0270. The van der Waals surface area contributed by atoms with Crippen LogP contribution >= 0.6 is 0 Å². The van der Waals surface area contributed by atoms with Crippen molar-refractivity contribution < 1.29 is 27.9 Å². The maximum Gasteiger partial charge on any atom is 0.323 e. The van der Waals surface area contributed by atoms with Crippen LogP contribution in [-0.2, 0) is 19.6 Å². The summed E-state index contributed by atoms with van der Waals surface area (Å²) in [5, 5.41) is 19.3. The standard InChI is InChI=1S/C24H32N4O6S/c1-15-12-16(2)22(17(3)13-15)35(32,33)28-20(24(30)31)14-27-21(29)6-4-5-11-34-19-9-7-18(8-10-19)23(25)26/h7-10,12-13,20,28H,4-6,11,14H2,1-3H3,(H3,25,26)(H,27,29)(H,30,31)/t20-/m0/s1. The van der Waals surface area contributed by atoms with Gasteiger partial charge in [-0.3, -0.25) is 15.0 Å². The van der Waals surface area contributed by atoms with Gasteiger partial charge in [0.05, 0.1) is 11.5 Å². The predicted octanol–water partition coefficient (Wildman–Crippen LogP) is 1.99. The molecule has 0 spiro atoms. The zero-order valence-electron chi connectivity index (χ0n) is 20.1. The van der Waals surface area contributed by atoms with Gasteiger partial charge in [-0.2, -0.15) is 4.72 Å². The molecule has 0 aliphatic heterocycles. The third-order valence-corrected chi connectivity index (χ3v) is 6.98. The highest BCUT2D eigenvalue weighted by Crippen LogP contribution is 2.22. The number of carboxylic acid groups (broad SMARTS) is 1. The van der Waals surface area contributed by atoms with E-state index >= 15 is 0 Å². The summed E-state index contributed by atoms with van der Waals surface area (Å²) in [7, 11) is -4.11. The van der Waals surface area contributed by atoms with Crippen molar-refractivity contribution in [3.05, 3.63) is 58.7 Å². The maximum atomic E-state index is 12.8. The highest BCUT2D eigenvalue weighted by Gasteiger charge is 2.28. The number of nitrogen functional groups attached to an aromatic ring is 1. The molecule has 0 saturated carbocycles. The van der Waals surface area contributed by atoms with Crippen molar-refractivity contribution in [2.45, 2.75) is 51.0 Å². The molecule has 0 aromatic heterocycles. The monoisotopic (exact) mass is 504 g/mol. The summed E-state index contributed by atoms with van der Waals surface area (Å²) in [5.41, 5.74) is 7.93. The van der Waals surface area contributed by atoms with Crippen LogP contribution in [-0.4, -0.2) is 50.4 Å². The molecule has 1 atom stereocenters. The van der Waals surface area contributed by atoms with Gasteiger partial charge in [-0.1, -0.05) is 17.7 Å². The Balaban J connectivity index is 1.81. The second-order valence-electron chi connectivity index (χ2n) is 8.29. The zero-order valence-corrected chi connectivity index (χ0v) is 20.9. The summed E-state index contributed by atoms with van der Waals surface area (Å²) in [6.45, 7) is 5.14. The van der Waals surface area contributed by atoms with E-state index in [-0.39, 0.29) is 29.6 Å². The van der Waals surface area contributed by atoms with Gasteiger partial charge in [0.2, 0.25) is 15.9 Å². The predicted molar refractivity (Wildman–Crippen MR) is 132 cm³/mol. The smallest absolute Gasteiger partial charge is 0.323 e. The van der Waals surface area contributed by atoms with Crippen molar-refractivity contribution in [3.8, 4) is 5.75 Å². The summed E-state index contributed by atoms with van der Waals surface area (Å²) in [4.78, 5) is 23.8. The SMILES string of the molecule is Cc1cc(C)c(S(=O)(=O)N[C@@H](CNC(=O)CCCCOc2ccc(C(=N)N)cc2)C(=O)O)c(C)c1. The third kappa shape index (κ3) is 8.37. The number of sulfonamides is 1. The summed E-state index contributed by atoms with van der Waals surface area (Å²) < 4.78 is 33.4. The number of rotatable bonds is 13. The molecule has 2 aromatic carbocycles. The minimum atomic E-state index is -4.11. The van der Waals surface area contributed by atoms with E-state index in [0.29, 0.717) is 41.9 Å². The fourth-order valence-corrected chi connectivity index (χ4v) is 5.27. The highest BCUT2D eigenvalue weighted by molar-refractivity contribution is 7.89. The van der Waals surface area contributed by atoms with Crippen LogP contribution < -0.4 is 20.5 Å². The first kappa shape index (κ1) is 27.8. The molecule has 2 aromatic rings. The Morgan fingerprint density at radius 3 is 2.23 bits per heavy atom. The van der Waals surface area contributed by atoms with E-state index in [1.807, 2.05) is 6.92 Å². The van der Waals surface area contributed by atoms with Crippen molar-refractivity contribution >= 4 is 27.7 Å². The summed E-state index contributed by atoms with van der Waals surface area (Å²) >= 11 is 0. The number of ether oxygens (including phenoxy) is 1. The first-order valence-corrected chi connectivity index (χ1v) is 12.6. The highest BCUT2D eigenvalue weighted by atomic mass is 32.2. The van der Waals surface area contributed by atoms with Gasteiger partial charge in [-0.15, -0.1) is 0 Å². The quantitative estimate of drug-likeness (QED) is 0.158. The number of amidine groups is 1. The van der Waals surface area contributed by atoms with E-state index in [1.165, 1.54) is 0 Å². The second-order valence-corrected chi connectivity index (χ2v) is 9.94. The number of carbonyl (C=O) groups excluding carboxylic acids is 1.